The van der Waals surface area contributed by atoms with E-state index in [9.17, 15) is 4.79 Å². The highest BCUT2D eigenvalue weighted by atomic mass is 32.2. The Morgan fingerprint density at radius 2 is 2.26 bits per heavy atom. The van der Waals surface area contributed by atoms with Gasteiger partial charge in [-0.05, 0) is 24.1 Å². The van der Waals surface area contributed by atoms with Crippen LogP contribution in [0.4, 0.5) is 0 Å². The van der Waals surface area contributed by atoms with Crippen LogP contribution in [0.15, 0.2) is 29.2 Å². The average Bonchev–Trinajstić information content (AvgIpc) is 2.90. The van der Waals surface area contributed by atoms with Crippen LogP contribution in [0.5, 0.6) is 0 Å². The summed E-state index contributed by atoms with van der Waals surface area (Å²) in [6.07, 6.45) is 1.10. The zero-order valence-electron chi connectivity index (χ0n) is 10.8. The summed E-state index contributed by atoms with van der Waals surface area (Å²) in [5.74, 6) is -0.994. The van der Waals surface area contributed by atoms with Crippen LogP contribution < -0.4 is 0 Å². The molecule has 0 bridgehead atoms. The molecule has 1 aromatic carbocycles. The maximum Gasteiger partial charge on any atom is 0.356 e. The number of fused-ring (bicyclic) bond motifs is 1. The number of aromatic carboxylic acids is 1. The summed E-state index contributed by atoms with van der Waals surface area (Å²) in [5.41, 5.74) is 3.31. The molecule has 0 spiro atoms. The van der Waals surface area contributed by atoms with Crippen LogP contribution in [0.1, 0.15) is 23.0 Å². The summed E-state index contributed by atoms with van der Waals surface area (Å²) in [6.45, 7) is 2.22. The zero-order chi connectivity index (χ0) is 13.6. The predicted octanol–water partition coefficient (Wildman–Crippen LogP) is 2.82. The van der Waals surface area contributed by atoms with Crippen molar-refractivity contribution in [2.24, 2.45) is 7.05 Å². The van der Waals surface area contributed by atoms with Gasteiger partial charge in [0.05, 0.1) is 5.69 Å². The number of nitrogens with zero attached hydrogens (tertiary/aromatic N) is 2. The lowest BCUT2D eigenvalue weighted by Gasteiger charge is -2.04. The summed E-state index contributed by atoms with van der Waals surface area (Å²) < 4.78 is 1.62. The van der Waals surface area contributed by atoms with Gasteiger partial charge in [-0.2, -0.15) is 5.10 Å². The molecule has 19 heavy (non-hydrogen) atoms. The zero-order valence-corrected chi connectivity index (χ0v) is 11.6. The Hall–Kier alpha value is -1.75. The summed E-state index contributed by atoms with van der Waals surface area (Å²) >= 11 is 1.87. The van der Waals surface area contributed by atoms with E-state index < -0.39 is 5.97 Å². The van der Waals surface area contributed by atoms with Gasteiger partial charge >= 0.3 is 5.97 Å². The molecule has 2 heterocycles. The van der Waals surface area contributed by atoms with Crippen LogP contribution in [0, 0.1) is 0 Å². The van der Waals surface area contributed by atoms with Crippen molar-refractivity contribution in [2.75, 3.05) is 0 Å². The fourth-order valence-corrected chi connectivity index (χ4v) is 3.60. The van der Waals surface area contributed by atoms with Crippen molar-refractivity contribution in [3.8, 4) is 11.3 Å². The van der Waals surface area contributed by atoms with Crippen LogP contribution >= 0.6 is 11.8 Å². The first kappa shape index (κ1) is 12.3. The Labute approximate surface area is 115 Å². The minimum Gasteiger partial charge on any atom is -0.476 e. The average molecular weight is 274 g/mol. The Bertz CT molecular complexity index is 663. The SMILES string of the molecule is CC1Cc2ccc(-c3cc(C(=O)O)nn3C)cc2S1. The molecule has 2 aromatic rings. The van der Waals surface area contributed by atoms with Crippen molar-refractivity contribution in [3.05, 3.63) is 35.5 Å². The maximum atomic E-state index is 10.9. The predicted molar refractivity (Wildman–Crippen MR) is 74.6 cm³/mol. The molecular formula is C14H14N2O2S. The largest absolute Gasteiger partial charge is 0.476 e. The standard InChI is InChI=1S/C14H14N2O2S/c1-8-5-10-4-3-9(6-13(10)19-8)12-7-11(14(17)18)15-16(12)2/h3-4,6-8H,5H2,1-2H3,(H,17,18). The number of rotatable bonds is 2. The third-order valence-electron chi connectivity index (χ3n) is 3.30. The van der Waals surface area contributed by atoms with Crippen molar-refractivity contribution in [2.45, 2.75) is 23.5 Å². The summed E-state index contributed by atoms with van der Waals surface area (Å²) in [6, 6.07) is 7.92. The van der Waals surface area contributed by atoms with Crippen molar-refractivity contribution in [3.63, 3.8) is 0 Å². The Kier molecular flexibility index (Phi) is 2.86. The van der Waals surface area contributed by atoms with Gasteiger partial charge in [0.15, 0.2) is 5.69 Å². The van der Waals surface area contributed by atoms with E-state index in [2.05, 4.69) is 24.2 Å². The molecule has 3 rings (SSSR count). The van der Waals surface area contributed by atoms with Crippen molar-refractivity contribution in [1.29, 1.82) is 0 Å². The first-order chi connectivity index (χ1) is 9.04. The Morgan fingerprint density at radius 3 is 2.95 bits per heavy atom. The molecule has 1 atom stereocenters. The summed E-state index contributed by atoms with van der Waals surface area (Å²) in [7, 11) is 1.77. The number of thioether (sulfide) groups is 1. The molecule has 0 amide bonds. The van der Waals surface area contributed by atoms with Gasteiger partial charge in [-0.15, -0.1) is 11.8 Å². The smallest absolute Gasteiger partial charge is 0.356 e. The minimum absolute atomic E-state index is 0.0824. The second-order valence-corrected chi connectivity index (χ2v) is 6.28. The molecule has 1 N–H and O–H groups in total. The Balaban J connectivity index is 2.04. The molecule has 0 saturated heterocycles. The molecule has 1 aromatic heterocycles. The highest BCUT2D eigenvalue weighted by molar-refractivity contribution is 8.00. The quantitative estimate of drug-likeness (QED) is 0.915. The number of benzene rings is 1. The fraction of sp³-hybridized carbons (Fsp3) is 0.286. The van der Waals surface area contributed by atoms with Gasteiger partial charge in [0, 0.05) is 22.8 Å². The molecular weight excluding hydrogens is 260 g/mol. The van der Waals surface area contributed by atoms with E-state index in [1.54, 1.807) is 17.8 Å². The van der Waals surface area contributed by atoms with E-state index in [0.29, 0.717) is 5.25 Å². The lowest BCUT2D eigenvalue weighted by Crippen LogP contribution is -1.99. The number of aromatic nitrogens is 2. The number of carbonyl (C=O) groups is 1. The molecule has 1 aliphatic heterocycles. The molecule has 1 aliphatic rings. The topological polar surface area (TPSA) is 55.1 Å². The molecule has 0 saturated carbocycles. The highest BCUT2D eigenvalue weighted by Gasteiger charge is 2.20. The molecule has 0 radical (unpaired) electrons. The molecule has 0 aliphatic carbocycles. The number of aryl methyl sites for hydroxylation is 1. The van der Waals surface area contributed by atoms with Gasteiger partial charge < -0.3 is 5.11 Å². The first-order valence-electron chi connectivity index (χ1n) is 6.12. The molecule has 98 valence electrons. The number of carboxylic acids is 1. The highest BCUT2D eigenvalue weighted by Crippen LogP contribution is 2.39. The van der Waals surface area contributed by atoms with Crippen LogP contribution in [0.3, 0.4) is 0 Å². The first-order valence-corrected chi connectivity index (χ1v) is 7.00. The van der Waals surface area contributed by atoms with Gasteiger partial charge in [-0.25, -0.2) is 4.79 Å². The van der Waals surface area contributed by atoms with Crippen LogP contribution in [0.2, 0.25) is 0 Å². The van der Waals surface area contributed by atoms with Crippen molar-refractivity contribution in [1.82, 2.24) is 9.78 Å². The monoisotopic (exact) mass is 274 g/mol. The van der Waals surface area contributed by atoms with E-state index in [1.807, 2.05) is 17.8 Å². The van der Waals surface area contributed by atoms with E-state index in [4.69, 9.17) is 5.11 Å². The van der Waals surface area contributed by atoms with Gasteiger partial charge in [0.25, 0.3) is 0 Å². The molecule has 5 heteroatoms. The van der Waals surface area contributed by atoms with E-state index in [-0.39, 0.29) is 5.69 Å². The van der Waals surface area contributed by atoms with Gasteiger partial charge in [0.2, 0.25) is 0 Å². The normalized spacial score (nSPS) is 17.5. The summed E-state index contributed by atoms with van der Waals surface area (Å²) in [4.78, 5) is 12.2. The number of hydrogen-bond acceptors (Lipinski definition) is 3. The van der Waals surface area contributed by atoms with Gasteiger partial charge in [-0.3, -0.25) is 4.68 Å². The van der Waals surface area contributed by atoms with Gasteiger partial charge in [0.1, 0.15) is 0 Å². The van der Waals surface area contributed by atoms with Crippen LogP contribution in [0.25, 0.3) is 11.3 Å². The van der Waals surface area contributed by atoms with E-state index in [1.165, 1.54) is 10.5 Å². The van der Waals surface area contributed by atoms with Crippen molar-refractivity contribution >= 4 is 17.7 Å². The second-order valence-electron chi connectivity index (χ2n) is 4.80. The summed E-state index contributed by atoms with van der Waals surface area (Å²) in [5, 5.41) is 13.6. The van der Waals surface area contributed by atoms with Crippen LogP contribution in [-0.4, -0.2) is 26.1 Å². The molecule has 0 fully saturated rings. The molecule has 1 unspecified atom stereocenters. The number of hydrogen-bond donors (Lipinski definition) is 1. The maximum absolute atomic E-state index is 10.9. The fourth-order valence-electron chi connectivity index (χ4n) is 2.40. The number of carboxylic acid groups (broad SMARTS) is 1. The third kappa shape index (κ3) is 2.14. The lowest BCUT2D eigenvalue weighted by atomic mass is 10.1. The van der Waals surface area contributed by atoms with E-state index >= 15 is 0 Å². The van der Waals surface area contributed by atoms with Gasteiger partial charge in [-0.1, -0.05) is 19.1 Å². The van der Waals surface area contributed by atoms with Crippen LogP contribution in [-0.2, 0) is 13.5 Å². The van der Waals surface area contributed by atoms with E-state index in [0.717, 1.165) is 17.7 Å². The van der Waals surface area contributed by atoms with Crippen molar-refractivity contribution < 1.29 is 9.90 Å². The lowest BCUT2D eigenvalue weighted by molar-refractivity contribution is 0.0689. The Morgan fingerprint density at radius 1 is 1.47 bits per heavy atom. The molecule has 4 nitrogen and oxygen atoms in total. The second kappa shape index (κ2) is 4.42. The third-order valence-corrected chi connectivity index (χ3v) is 4.50. The minimum atomic E-state index is -0.994.